The first-order chi connectivity index (χ1) is 9.31. The molecule has 1 heterocycles. The lowest BCUT2D eigenvalue weighted by molar-refractivity contribution is -0.118. The number of hydrogen-bond donors (Lipinski definition) is 1. The van der Waals surface area contributed by atoms with Crippen molar-refractivity contribution in [2.45, 2.75) is 46.1 Å². The molecular formula is C17H26N2O. The molecule has 1 unspecified atom stereocenters. The molecule has 1 amide bonds. The molecule has 20 heavy (non-hydrogen) atoms. The maximum absolute atomic E-state index is 11.7. The highest BCUT2D eigenvalue weighted by molar-refractivity contribution is 5.95. The Labute approximate surface area is 122 Å². The Morgan fingerprint density at radius 2 is 2.00 bits per heavy atom. The lowest BCUT2D eigenvalue weighted by atomic mass is 9.84. The molecule has 1 aromatic carbocycles. The monoisotopic (exact) mass is 274 g/mol. The number of nitrogens with one attached hydrogen (secondary N) is 1. The van der Waals surface area contributed by atoms with Crippen LogP contribution in [0.3, 0.4) is 0 Å². The molecule has 1 atom stereocenters. The predicted molar refractivity (Wildman–Crippen MR) is 84.0 cm³/mol. The van der Waals surface area contributed by atoms with Gasteiger partial charge in [-0.2, -0.15) is 0 Å². The Hall–Kier alpha value is -1.35. The largest absolute Gasteiger partial charge is 0.315 e. The van der Waals surface area contributed by atoms with Gasteiger partial charge in [0, 0.05) is 25.2 Å². The number of hydrogen-bond acceptors (Lipinski definition) is 2. The van der Waals surface area contributed by atoms with E-state index in [4.69, 9.17) is 0 Å². The molecule has 0 bridgehead atoms. The molecule has 0 aliphatic carbocycles. The molecule has 0 aromatic heterocycles. The van der Waals surface area contributed by atoms with Crippen molar-refractivity contribution in [3.63, 3.8) is 0 Å². The van der Waals surface area contributed by atoms with Crippen molar-refractivity contribution in [1.82, 2.24) is 5.32 Å². The number of amides is 1. The number of benzene rings is 1. The van der Waals surface area contributed by atoms with E-state index in [1.165, 1.54) is 11.1 Å². The van der Waals surface area contributed by atoms with Crippen LogP contribution in [0, 0.1) is 5.41 Å². The van der Waals surface area contributed by atoms with Gasteiger partial charge >= 0.3 is 0 Å². The SMILES string of the molecule is CNC(CC(C)(C)C)c1ccc2c(c1)CCC(=O)N2C. The first kappa shape index (κ1) is 15.0. The summed E-state index contributed by atoms with van der Waals surface area (Å²) in [5, 5.41) is 3.42. The average Bonchev–Trinajstić information content (AvgIpc) is 2.39. The van der Waals surface area contributed by atoms with Crippen molar-refractivity contribution in [1.29, 1.82) is 0 Å². The summed E-state index contributed by atoms with van der Waals surface area (Å²) in [5.41, 5.74) is 3.97. The molecule has 3 heteroatoms. The number of aryl methyl sites for hydroxylation is 1. The van der Waals surface area contributed by atoms with Crippen molar-refractivity contribution in [2.24, 2.45) is 5.41 Å². The van der Waals surface area contributed by atoms with E-state index in [2.05, 4.69) is 44.3 Å². The van der Waals surface area contributed by atoms with Crippen LogP contribution in [0.1, 0.15) is 50.8 Å². The van der Waals surface area contributed by atoms with Gasteiger partial charge in [-0.3, -0.25) is 4.79 Å². The van der Waals surface area contributed by atoms with Crippen molar-refractivity contribution in [3.8, 4) is 0 Å². The number of carbonyl (C=O) groups is 1. The summed E-state index contributed by atoms with van der Waals surface area (Å²) in [4.78, 5) is 13.5. The molecule has 2 rings (SSSR count). The van der Waals surface area contributed by atoms with E-state index in [1.54, 1.807) is 4.90 Å². The highest BCUT2D eigenvalue weighted by Gasteiger charge is 2.23. The molecule has 0 saturated heterocycles. The minimum atomic E-state index is 0.213. The van der Waals surface area contributed by atoms with E-state index in [0.29, 0.717) is 12.5 Å². The first-order valence-corrected chi connectivity index (χ1v) is 7.38. The standard InChI is InChI=1S/C17H26N2O/c1-17(2,3)11-14(18-4)12-6-8-15-13(10-12)7-9-16(20)19(15)5/h6,8,10,14,18H,7,9,11H2,1-5H3. The summed E-state index contributed by atoms with van der Waals surface area (Å²) >= 11 is 0. The molecule has 0 radical (unpaired) electrons. The summed E-state index contributed by atoms with van der Waals surface area (Å²) in [6, 6.07) is 6.88. The van der Waals surface area contributed by atoms with Gasteiger partial charge in [-0.05, 0) is 42.5 Å². The summed E-state index contributed by atoms with van der Waals surface area (Å²) in [5.74, 6) is 0.213. The van der Waals surface area contributed by atoms with E-state index in [0.717, 1.165) is 18.5 Å². The van der Waals surface area contributed by atoms with E-state index < -0.39 is 0 Å². The maximum atomic E-state index is 11.7. The van der Waals surface area contributed by atoms with Crippen LogP contribution < -0.4 is 10.2 Å². The lowest BCUT2D eigenvalue weighted by Gasteiger charge is -2.29. The first-order valence-electron chi connectivity index (χ1n) is 7.38. The minimum absolute atomic E-state index is 0.213. The van der Waals surface area contributed by atoms with Crippen molar-refractivity contribution >= 4 is 11.6 Å². The Balaban J connectivity index is 2.28. The van der Waals surface area contributed by atoms with Crippen LogP contribution in [0.2, 0.25) is 0 Å². The van der Waals surface area contributed by atoms with Crippen LogP contribution in [0.15, 0.2) is 18.2 Å². The zero-order chi connectivity index (χ0) is 14.9. The van der Waals surface area contributed by atoms with Crippen LogP contribution in [0.25, 0.3) is 0 Å². The van der Waals surface area contributed by atoms with Crippen LogP contribution in [0.4, 0.5) is 5.69 Å². The fourth-order valence-corrected chi connectivity index (χ4v) is 2.89. The number of carbonyl (C=O) groups excluding carboxylic acids is 1. The number of anilines is 1. The van der Waals surface area contributed by atoms with Gasteiger partial charge in [-0.15, -0.1) is 0 Å². The van der Waals surface area contributed by atoms with E-state index in [1.807, 2.05) is 14.1 Å². The Morgan fingerprint density at radius 1 is 1.30 bits per heavy atom. The molecule has 0 saturated carbocycles. The second-order valence-electron chi connectivity index (χ2n) is 6.95. The third-order valence-electron chi connectivity index (χ3n) is 4.01. The zero-order valence-electron chi connectivity index (χ0n) is 13.3. The van der Waals surface area contributed by atoms with Crippen LogP contribution in [0.5, 0.6) is 0 Å². The quantitative estimate of drug-likeness (QED) is 0.917. The van der Waals surface area contributed by atoms with Gasteiger partial charge in [0.25, 0.3) is 0 Å². The number of nitrogens with zero attached hydrogens (tertiary/aromatic N) is 1. The van der Waals surface area contributed by atoms with E-state index >= 15 is 0 Å². The molecule has 110 valence electrons. The van der Waals surface area contributed by atoms with Gasteiger partial charge in [-0.25, -0.2) is 0 Å². The fourth-order valence-electron chi connectivity index (χ4n) is 2.89. The van der Waals surface area contributed by atoms with Gasteiger partial charge in [-0.1, -0.05) is 32.9 Å². The summed E-state index contributed by atoms with van der Waals surface area (Å²) in [6.45, 7) is 6.80. The van der Waals surface area contributed by atoms with Crippen LogP contribution in [-0.4, -0.2) is 20.0 Å². The summed E-state index contributed by atoms with van der Waals surface area (Å²) < 4.78 is 0. The molecule has 1 aliphatic heterocycles. The highest BCUT2D eigenvalue weighted by Crippen LogP contribution is 2.33. The topological polar surface area (TPSA) is 32.3 Å². The molecule has 0 fully saturated rings. The fraction of sp³-hybridized carbons (Fsp3) is 0.588. The average molecular weight is 274 g/mol. The highest BCUT2D eigenvalue weighted by atomic mass is 16.2. The molecule has 1 aromatic rings. The number of rotatable bonds is 3. The van der Waals surface area contributed by atoms with Gasteiger partial charge in [0.15, 0.2) is 0 Å². The van der Waals surface area contributed by atoms with Crippen molar-refractivity contribution in [2.75, 3.05) is 19.0 Å². The second kappa shape index (κ2) is 5.57. The summed E-state index contributed by atoms with van der Waals surface area (Å²) in [6.07, 6.45) is 2.58. The Bertz CT molecular complexity index is 502. The predicted octanol–water partition coefficient (Wildman–Crippen LogP) is 3.29. The van der Waals surface area contributed by atoms with Crippen molar-refractivity contribution in [3.05, 3.63) is 29.3 Å². The third kappa shape index (κ3) is 3.21. The Kier molecular flexibility index (Phi) is 4.19. The third-order valence-corrected chi connectivity index (χ3v) is 4.01. The minimum Gasteiger partial charge on any atom is -0.315 e. The Morgan fingerprint density at radius 3 is 2.60 bits per heavy atom. The lowest BCUT2D eigenvalue weighted by Crippen LogP contribution is -2.31. The van der Waals surface area contributed by atoms with Crippen LogP contribution in [-0.2, 0) is 11.2 Å². The van der Waals surface area contributed by atoms with Gasteiger partial charge in [0.1, 0.15) is 0 Å². The molecule has 1 aliphatic rings. The maximum Gasteiger partial charge on any atom is 0.227 e. The van der Waals surface area contributed by atoms with Gasteiger partial charge in [0.05, 0.1) is 0 Å². The zero-order valence-corrected chi connectivity index (χ0v) is 13.3. The normalized spacial score (nSPS) is 17.1. The molecular weight excluding hydrogens is 248 g/mol. The van der Waals surface area contributed by atoms with E-state index in [-0.39, 0.29) is 11.3 Å². The molecule has 3 nitrogen and oxygen atoms in total. The van der Waals surface area contributed by atoms with Crippen LogP contribution >= 0.6 is 0 Å². The van der Waals surface area contributed by atoms with Crippen molar-refractivity contribution < 1.29 is 4.79 Å². The second-order valence-corrected chi connectivity index (χ2v) is 6.95. The molecule has 0 spiro atoms. The van der Waals surface area contributed by atoms with Gasteiger partial charge < -0.3 is 10.2 Å². The number of fused-ring (bicyclic) bond motifs is 1. The summed E-state index contributed by atoms with van der Waals surface area (Å²) in [7, 11) is 3.89. The van der Waals surface area contributed by atoms with E-state index in [9.17, 15) is 4.79 Å². The molecule has 1 N–H and O–H groups in total. The smallest absolute Gasteiger partial charge is 0.227 e. The van der Waals surface area contributed by atoms with Gasteiger partial charge in [0.2, 0.25) is 5.91 Å².